The summed E-state index contributed by atoms with van der Waals surface area (Å²) in [6, 6.07) is 10.3. The van der Waals surface area contributed by atoms with Crippen LogP contribution in [0.5, 0.6) is 5.75 Å². The van der Waals surface area contributed by atoms with Crippen molar-refractivity contribution in [2.45, 2.75) is 25.1 Å². The highest BCUT2D eigenvalue weighted by atomic mass is 79.9. The van der Waals surface area contributed by atoms with E-state index in [1.807, 2.05) is 18.2 Å². The van der Waals surface area contributed by atoms with Crippen molar-refractivity contribution in [3.63, 3.8) is 0 Å². The normalized spacial score (nSPS) is 17.0. The summed E-state index contributed by atoms with van der Waals surface area (Å²) < 4.78 is 25.7. The minimum atomic E-state index is -0.644. The zero-order valence-corrected chi connectivity index (χ0v) is 18.0. The number of rotatable bonds is 3. The second-order valence-electron chi connectivity index (χ2n) is 7.31. The number of nitrogens with one attached hydrogen (secondary N) is 1. The van der Waals surface area contributed by atoms with Gasteiger partial charge in [0.1, 0.15) is 29.7 Å². The van der Waals surface area contributed by atoms with Crippen molar-refractivity contribution < 1.29 is 18.7 Å². The summed E-state index contributed by atoms with van der Waals surface area (Å²) in [7, 11) is 1.58. The van der Waals surface area contributed by atoms with E-state index in [1.54, 1.807) is 24.1 Å². The van der Waals surface area contributed by atoms with Gasteiger partial charge in [0.2, 0.25) is 0 Å². The number of nitrogens with zero attached hydrogens (tertiary/aromatic N) is 2. The fourth-order valence-corrected chi connectivity index (χ4v) is 4.25. The molecule has 0 aromatic heterocycles. The first-order valence-corrected chi connectivity index (χ1v) is 10.4. The van der Waals surface area contributed by atoms with Crippen LogP contribution in [0.15, 0.2) is 45.9 Å². The number of hydrogen-bond acceptors (Lipinski definition) is 6. The molecule has 1 amide bonds. The molecular formula is C21H22BrFN4O3. The number of piperidine rings is 1. The van der Waals surface area contributed by atoms with Crippen molar-refractivity contribution in [3.8, 4) is 5.75 Å². The van der Waals surface area contributed by atoms with Crippen LogP contribution >= 0.6 is 15.9 Å². The number of benzene rings is 2. The van der Waals surface area contributed by atoms with Crippen LogP contribution < -0.4 is 15.8 Å². The van der Waals surface area contributed by atoms with Crippen LogP contribution in [-0.2, 0) is 11.3 Å². The number of likely N-dealkylation sites (tertiary alicyclic amines) is 1. The number of ether oxygens (including phenoxy) is 2. The Labute approximate surface area is 182 Å². The Balaban J connectivity index is 1.39. The second kappa shape index (κ2) is 8.14. The third-order valence-electron chi connectivity index (χ3n) is 5.41. The standard InChI is InChI=1S/C21H22BrFN4O3/c1-29-17-6-5-14(22)11-13(17)12-30-20(28)27-9-7-21(8-10-27)25-16-4-2-3-15(23)18(16)19(24)26-21/h2-6,11,25H,7-10,12H2,1H3,(H2,24,26). The Kier molecular flexibility index (Phi) is 5.55. The predicted octanol–water partition coefficient (Wildman–Crippen LogP) is 3.86. The first-order valence-electron chi connectivity index (χ1n) is 9.57. The Bertz CT molecular complexity index is 1010. The largest absolute Gasteiger partial charge is 0.496 e. The van der Waals surface area contributed by atoms with Gasteiger partial charge in [0, 0.05) is 41.7 Å². The molecule has 1 saturated heterocycles. The summed E-state index contributed by atoms with van der Waals surface area (Å²) in [5.41, 5.74) is 7.10. The fraction of sp³-hybridized carbons (Fsp3) is 0.333. The van der Waals surface area contributed by atoms with E-state index in [0.717, 1.165) is 10.0 Å². The number of carbonyl (C=O) groups excluding carboxylic acids is 1. The van der Waals surface area contributed by atoms with Crippen LogP contribution in [0.1, 0.15) is 24.0 Å². The highest BCUT2D eigenvalue weighted by Crippen LogP contribution is 2.35. The molecule has 7 nitrogen and oxygen atoms in total. The molecule has 0 unspecified atom stereocenters. The quantitative estimate of drug-likeness (QED) is 0.701. The Morgan fingerprint density at radius 3 is 2.83 bits per heavy atom. The number of carbonyl (C=O) groups is 1. The molecule has 2 aromatic carbocycles. The van der Waals surface area contributed by atoms with Gasteiger partial charge < -0.3 is 25.4 Å². The van der Waals surface area contributed by atoms with Crippen molar-refractivity contribution in [2.75, 3.05) is 25.5 Å². The maximum atomic E-state index is 14.1. The molecule has 2 aliphatic heterocycles. The molecule has 158 valence electrons. The fourth-order valence-electron chi connectivity index (χ4n) is 3.84. The molecule has 1 fully saturated rings. The molecule has 30 heavy (non-hydrogen) atoms. The van der Waals surface area contributed by atoms with Gasteiger partial charge in [-0.25, -0.2) is 14.2 Å². The van der Waals surface area contributed by atoms with Gasteiger partial charge in [-0.2, -0.15) is 0 Å². The number of nitrogens with two attached hydrogens (primary N) is 1. The van der Waals surface area contributed by atoms with Gasteiger partial charge in [-0.3, -0.25) is 0 Å². The summed E-state index contributed by atoms with van der Waals surface area (Å²) in [5.74, 6) is 0.436. The SMILES string of the molecule is COc1ccc(Br)cc1COC(=O)N1CCC2(CC1)N=C(N)c1c(F)cccc1N2. The van der Waals surface area contributed by atoms with E-state index < -0.39 is 17.6 Å². The van der Waals surface area contributed by atoms with Crippen LogP contribution in [0.2, 0.25) is 0 Å². The van der Waals surface area contributed by atoms with Crippen molar-refractivity contribution in [1.82, 2.24) is 4.90 Å². The van der Waals surface area contributed by atoms with E-state index >= 15 is 0 Å². The lowest BCUT2D eigenvalue weighted by molar-refractivity contribution is 0.0807. The minimum absolute atomic E-state index is 0.110. The number of halogens is 2. The lowest BCUT2D eigenvalue weighted by Crippen LogP contribution is -2.52. The number of methoxy groups -OCH3 is 1. The van der Waals surface area contributed by atoms with Gasteiger partial charge in [0.15, 0.2) is 0 Å². The Morgan fingerprint density at radius 2 is 2.10 bits per heavy atom. The van der Waals surface area contributed by atoms with Gasteiger partial charge in [-0.1, -0.05) is 22.0 Å². The molecule has 0 atom stereocenters. The number of amides is 1. The zero-order valence-electron chi connectivity index (χ0n) is 16.5. The molecule has 0 aliphatic carbocycles. The van der Waals surface area contributed by atoms with Gasteiger partial charge >= 0.3 is 6.09 Å². The monoisotopic (exact) mass is 476 g/mol. The van der Waals surface area contributed by atoms with Crippen molar-refractivity contribution in [3.05, 3.63) is 57.8 Å². The third-order valence-corrected chi connectivity index (χ3v) is 5.91. The van der Waals surface area contributed by atoms with Crippen LogP contribution in [0.3, 0.4) is 0 Å². The predicted molar refractivity (Wildman–Crippen MR) is 115 cm³/mol. The topological polar surface area (TPSA) is 89.2 Å². The molecule has 0 radical (unpaired) electrons. The van der Waals surface area contributed by atoms with Gasteiger partial charge in [0.25, 0.3) is 0 Å². The number of fused-ring (bicyclic) bond motifs is 1. The number of anilines is 1. The van der Waals surface area contributed by atoms with E-state index in [0.29, 0.717) is 42.9 Å². The van der Waals surface area contributed by atoms with E-state index in [4.69, 9.17) is 15.2 Å². The van der Waals surface area contributed by atoms with E-state index in [9.17, 15) is 9.18 Å². The Hall–Kier alpha value is -2.81. The average molecular weight is 477 g/mol. The van der Waals surface area contributed by atoms with Crippen LogP contribution in [0, 0.1) is 5.82 Å². The van der Waals surface area contributed by atoms with E-state index in [-0.39, 0.29) is 12.4 Å². The summed E-state index contributed by atoms with van der Waals surface area (Å²) in [5, 5.41) is 3.31. The molecule has 1 spiro atoms. The molecule has 4 rings (SSSR count). The first kappa shape index (κ1) is 20.5. The lowest BCUT2D eigenvalue weighted by Gasteiger charge is -2.42. The molecule has 9 heteroatoms. The van der Waals surface area contributed by atoms with Crippen molar-refractivity contribution in [1.29, 1.82) is 0 Å². The van der Waals surface area contributed by atoms with E-state index in [2.05, 4.69) is 26.2 Å². The highest BCUT2D eigenvalue weighted by molar-refractivity contribution is 9.10. The maximum Gasteiger partial charge on any atom is 0.410 e. The van der Waals surface area contributed by atoms with Crippen LogP contribution in [0.25, 0.3) is 0 Å². The van der Waals surface area contributed by atoms with Gasteiger partial charge in [-0.15, -0.1) is 0 Å². The summed E-state index contributed by atoms with van der Waals surface area (Å²) in [4.78, 5) is 18.7. The van der Waals surface area contributed by atoms with Crippen molar-refractivity contribution in [2.24, 2.45) is 10.7 Å². The van der Waals surface area contributed by atoms with Crippen LogP contribution in [0.4, 0.5) is 14.9 Å². The van der Waals surface area contributed by atoms with Gasteiger partial charge in [-0.05, 0) is 30.3 Å². The Morgan fingerprint density at radius 1 is 1.33 bits per heavy atom. The van der Waals surface area contributed by atoms with Crippen molar-refractivity contribution >= 4 is 33.5 Å². The highest BCUT2D eigenvalue weighted by Gasteiger charge is 2.39. The molecule has 0 bridgehead atoms. The molecule has 3 N–H and O–H groups in total. The summed E-state index contributed by atoms with van der Waals surface area (Å²) in [6.07, 6.45) is 0.684. The number of aliphatic imine (C=N–C) groups is 1. The second-order valence-corrected chi connectivity index (χ2v) is 8.23. The molecule has 2 aromatic rings. The molecule has 0 saturated carbocycles. The molecular weight excluding hydrogens is 455 g/mol. The third kappa shape index (κ3) is 3.94. The van der Waals surface area contributed by atoms with E-state index in [1.165, 1.54) is 6.07 Å². The first-order chi connectivity index (χ1) is 14.4. The number of hydrogen-bond donors (Lipinski definition) is 2. The summed E-state index contributed by atoms with van der Waals surface area (Å²) in [6.45, 7) is 1.00. The van der Waals surface area contributed by atoms with Crippen LogP contribution in [-0.4, -0.2) is 42.7 Å². The maximum absolute atomic E-state index is 14.1. The molecule has 2 heterocycles. The summed E-state index contributed by atoms with van der Waals surface area (Å²) >= 11 is 3.41. The number of amidine groups is 1. The minimum Gasteiger partial charge on any atom is -0.496 e. The smallest absolute Gasteiger partial charge is 0.410 e. The zero-order chi connectivity index (χ0) is 21.3. The average Bonchev–Trinajstić information content (AvgIpc) is 2.72. The van der Waals surface area contributed by atoms with Gasteiger partial charge in [0.05, 0.1) is 12.7 Å². The lowest BCUT2D eigenvalue weighted by atomic mass is 9.94. The molecule has 2 aliphatic rings.